The summed E-state index contributed by atoms with van der Waals surface area (Å²) in [5.41, 5.74) is 15.5. The van der Waals surface area contributed by atoms with Gasteiger partial charge in [-0.3, -0.25) is 59.1 Å². The minimum Gasteiger partial charge on any atom is -0.493 e. The van der Waals surface area contributed by atoms with Crippen molar-refractivity contribution in [3.05, 3.63) is 320 Å². The SMILES string of the molecule is CC(=O)c1ccc(-c2n[nH]c3ccc(NC(=O)CCOc4ccccc4)cc23)cc1.CC(CO)(CO)C(=O)Nc1ccc2[nH]nc(-c3ccc4ccccc4c3)c2c1.COCCC(=O)Nc1ccc2[nH]nc(-c3cc4ccccc4s3)c2c1.O=C(Nc1ccc2[nH]nc(-c3cc4ccccc4s3)c2c1)C1CCOC1.O=C1CC(C(=O)Nc2ccc3[nH]nc(-c4cc5ccccc5o4)c3c2)c2ccccc21. The number of nitrogens with zero attached hydrogens (tertiary/aromatic N) is 5. The normalized spacial score (nSPS) is 13.3. The van der Waals surface area contributed by atoms with Crippen LogP contribution in [0, 0.1) is 11.3 Å². The molecule has 1 aliphatic heterocycles. The van der Waals surface area contributed by atoms with Crippen molar-refractivity contribution in [3.8, 4) is 60.9 Å². The van der Waals surface area contributed by atoms with Crippen LogP contribution < -0.4 is 31.3 Å². The number of thiophene rings is 2. The molecule has 2 unspecified atom stereocenters. The molecule has 2 aliphatic rings. The highest BCUT2D eigenvalue weighted by Gasteiger charge is 2.35. The molecule has 2 atom stereocenters. The minimum absolute atomic E-state index is 0.00760. The Hall–Kier alpha value is -16.7. The van der Waals surface area contributed by atoms with Crippen LogP contribution >= 0.6 is 22.7 Å². The first-order valence-electron chi connectivity index (χ1n) is 45.4. The summed E-state index contributed by atoms with van der Waals surface area (Å²) in [6.45, 7) is 4.06. The van der Waals surface area contributed by atoms with Crippen LogP contribution in [0.5, 0.6) is 5.75 Å². The Morgan fingerprint density at radius 3 is 1.44 bits per heavy atom. The summed E-state index contributed by atoms with van der Waals surface area (Å²) < 4.78 is 24.3. The zero-order valence-electron chi connectivity index (χ0n) is 76.0. The Morgan fingerprint density at radius 1 is 0.443 bits per heavy atom. The molecule has 698 valence electrons. The van der Waals surface area contributed by atoms with E-state index in [2.05, 4.69) is 138 Å². The number of aliphatic hydroxyl groups is 2. The molecule has 8 aromatic heterocycles. The van der Waals surface area contributed by atoms with E-state index in [1.807, 2.05) is 218 Å². The van der Waals surface area contributed by atoms with Gasteiger partial charge in [0.15, 0.2) is 17.3 Å². The van der Waals surface area contributed by atoms with E-state index in [0.717, 1.165) is 149 Å². The van der Waals surface area contributed by atoms with Gasteiger partial charge in [-0.2, -0.15) is 25.5 Å². The predicted molar refractivity (Wildman–Crippen MR) is 551 cm³/mol. The zero-order valence-corrected chi connectivity index (χ0v) is 77.7. The van der Waals surface area contributed by atoms with Gasteiger partial charge in [0.2, 0.25) is 29.5 Å². The van der Waals surface area contributed by atoms with Gasteiger partial charge in [-0.25, -0.2) is 0 Å². The Morgan fingerprint density at radius 2 is 0.900 bits per heavy atom. The number of fused-ring (bicyclic) bond motifs is 10. The first-order chi connectivity index (χ1) is 68.3. The number of rotatable bonds is 23. The van der Waals surface area contributed by atoms with E-state index >= 15 is 0 Å². The van der Waals surface area contributed by atoms with Crippen molar-refractivity contribution in [2.24, 2.45) is 11.3 Å². The summed E-state index contributed by atoms with van der Waals surface area (Å²) in [5, 5.41) is 81.2. The second-order valence-electron chi connectivity index (χ2n) is 34.2. The second kappa shape index (κ2) is 41.4. The molecule has 9 heterocycles. The summed E-state index contributed by atoms with van der Waals surface area (Å²) in [4.78, 5) is 87.9. The average Bonchev–Trinajstić information content (AvgIpc) is 1.63. The standard InChI is InChI=1S/C25H17N3O3.C24H21N3O3.C22H21N3O3.C20H17N3O2S.C19H17N3O2S/c29-21-13-18(16-6-2-3-7-17(16)21)25(30)26-15-9-10-20-19(12-15)24(28-27-20)23-11-14-5-1-4-8-22(14)31-23;1-16(28)17-7-9-18(10-8-17)24-21-15-19(11-12-22(21)26-27-24)25-23(29)13-14-30-20-5-3-2-4-6-20;1-22(12-26,13-27)21(28)23-17-8-9-19-18(11-17)20(25-24-19)16-7-6-14-4-2-3-5-15(14)10-16;24-20(13-7-8-25-11-13)21-14-5-6-16-15(10-14)19(23-22-16)18-9-12-3-1-2-4-17(12)26-18;1-24-9-8-18(23)20-13-6-7-15-14(11-13)19(22-21-15)17-10-12-4-2-3-5-16(12)25-17/h1-12,18H,13H2,(H,26,30)(H,27,28);2-12,15H,13-14H2,1H3,(H,25,29)(H,26,27);2-11,26-27H,12-13H2,1H3,(H,23,28)(H,24,25);1-6,9-10,13H,7-8,11H2,(H,21,24)(H,22,23);2-7,10-11H,8-9H2,1H3,(H,20,23)(H,21,22). The number of aliphatic hydroxyl groups excluding tert-OH is 2. The number of amides is 5. The van der Waals surface area contributed by atoms with E-state index in [4.69, 9.17) is 18.6 Å². The van der Waals surface area contributed by atoms with E-state index in [1.54, 1.807) is 61.0 Å². The van der Waals surface area contributed by atoms with Crippen molar-refractivity contribution in [2.45, 2.75) is 45.4 Å². The number of Topliss-reactive ketones (excluding diaryl/α,β-unsaturated/α-hetero) is 2. The number of anilines is 5. The van der Waals surface area contributed by atoms with Gasteiger partial charge in [-0.05, 0) is 193 Å². The molecular weight excluding hydrogens is 1800 g/mol. The molecule has 23 rings (SSSR count). The summed E-state index contributed by atoms with van der Waals surface area (Å²) in [6.07, 6.45) is 1.57. The fourth-order valence-corrected chi connectivity index (χ4v) is 18.9. The monoisotopic (exact) mass is 1900 g/mol. The van der Waals surface area contributed by atoms with E-state index in [-0.39, 0.29) is 54.0 Å². The molecule has 12 N–H and O–H groups in total. The summed E-state index contributed by atoms with van der Waals surface area (Å²) in [6, 6.07) is 97.3. The molecule has 1 aliphatic carbocycles. The van der Waals surface area contributed by atoms with Crippen molar-refractivity contribution in [3.63, 3.8) is 0 Å². The number of benzene rings is 13. The molecule has 13 aromatic carbocycles. The number of para-hydroxylation sites is 2. The zero-order chi connectivity index (χ0) is 96.3. The number of H-pyrrole nitrogens is 5. The van der Waals surface area contributed by atoms with Gasteiger partial charge in [-0.1, -0.05) is 158 Å². The number of nitrogens with one attached hydrogen (secondary N) is 10. The summed E-state index contributed by atoms with van der Waals surface area (Å²) in [5.74, 6) is 0.109. The number of hydrogen-bond donors (Lipinski definition) is 12. The number of ketones is 2. The van der Waals surface area contributed by atoms with E-state index in [0.29, 0.717) is 72.5 Å². The summed E-state index contributed by atoms with van der Waals surface area (Å²) in [7, 11) is 1.59. The van der Waals surface area contributed by atoms with E-state index < -0.39 is 30.5 Å². The third kappa shape index (κ3) is 20.5. The number of methoxy groups -OCH3 is 1. The lowest BCUT2D eigenvalue weighted by Crippen LogP contribution is -2.39. The predicted octanol–water partition coefficient (Wildman–Crippen LogP) is 22.3. The minimum atomic E-state index is -1.24. The van der Waals surface area contributed by atoms with Crippen LogP contribution in [0.25, 0.3) is 152 Å². The lowest BCUT2D eigenvalue weighted by molar-refractivity contribution is -0.129. The number of aromatic nitrogens is 10. The summed E-state index contributed by atoms with van der Waals surface area (Å²) >= 11 is 3.44. The quantitative estimate of drug-likeness (QED) is 0.0265. The van der Waals surface area contributed by atoms with Crippen LogP contribution in [0.2, 0.25) is 0 Å². The largest absolute Gasteiger partial charge is 0.493 e. The molecule has 0 bridgehead atoms. The molecule has 28 nitrogen and oxygen atoms in total. The van der Waals surface area contributed by atoms with Gasteiger partial charge in [0, 0.05) is 113 Å². The fourth-order valence-electron chi connectivity index (χ4n) is 16.8. The van der Waals surface area contributed by atoms with Crippen LogP contribution in [0.1, 0.15) is 71.7 Å². The first-order valence-corrected chi connectivity index (χ1v) is 47.1. The molecule has 140 heavy (non-hydrogen) atoms. The van der Waals surface area contributed by atoms with Gasteiger partial charge in [0.1, 0.15) is 28.4 Å². The smallest absolute Gasteiger partial charge is 0.234 e. The van der Waals surface area contributed by atoms with Gasteiger partial charge < -0.3 is 55.4 Å². The fraction of sp³-hybridized carbons (Fsp3) is 0.145. The third-order valence-corrected chi connectivity index (χ3v) is 26.7. The van der Waals surface area contributed by atoms with Gasteiger partial charge in [-0.15, -0.1) is 22.7 Å². The van der Waals surface area contributed by atoms with Crippen LogP contribution in [0.15, 0.2) is 308 Å². The Balaban J connectivity index is 0.000000112. The number of carbonyl (C=O) groups is 7. The molecule has 0 saturated carbocycles. The van der Waals surface area contributed by atoms with Crippen LogP contribution in [0.4, 0.5) is 28.4 Å². The maximum absolute atomic E-state index is 13.0. The van der Waals surface area contributed by atoms with E-state index in [9.17, 15) is 43.8 Å². The van der Waals surface area contributed by atoms with Gasteiger partial charge in [0.05, 0.1) is 112 Å². The molecule has 0 radical (unpaired) electrons. The van der Waals surface area contributed by atoms with Crippen molar-refractivity contribution >= 4 is 189 Å². The van der Waals surface area contributed by atoms with E-state index in [1.165, 1.54) is 27.1 Å². The Bertz CT molecular complexity index is 8100. The first kappa shape index (κ1) is 92.3. The van der Waals surface area contributed by atoms with Crippen LogP contribution in [0.3, 0.4) is 0 Å². The molecule has 0 spiro atoms. The second-order valence-corrected chi connectivity index (χ2v) is 36.4. The number of hydrogen-bond acceptors (Lipinski definition) is 20. The molecule has 30 heteroatoms. The maximum atomic E-state index is 13.0. The maximum Gasteiger partial charge on any atom is 0.234 e. The number of aromatic amines is 5. The molecule has 21 aromatic rings. The van der Waals surface area contributed by atoms with Crippen LogP contribution in [-0.2, 0) is 33.4 Å². The highest BCUT2D eigenvalue weighted by atomic mass is 32.1. The topological polar surface area (TPSA) is 404 Å². The van der Waals surface area contributed by atoms with Crippen molar-refractivity contribution < 1.29 is 62.4 Å². The van der Waals surface area contributed by atoms with Gasteiger partial charge in [0.25, 0.3) is 0 Å². The van der Waals surface area contributed by atoms with Gasteiger partial charge >= 0.3 is 0 Å². The van der Waals surface area contributed by atoms with Crippen LogP contribution in [-0.4, -0.2) is 149 Å². The molecule has 5 amide bonds. The average molecular weight is 1900 g/mol. The number of carbonyl (C=O) groups excluding carboxylic acids is 7. The third-order valence-electron chi connectivity index (χ3n) is 24.5. The van der Waals surface area contributed by atoms with Crippen molar-refractivity contribution in [2.75, 3.05) is 73.3 Å². The lowest BCUT2D eigenvalue weighted by Gasteiger charge is -2.23. The number of ether oxygens (including phenoxy) is 3. The van der Waals surface area contributed by atoms with Crippen molar-refractivity contribution in [1.82, 2.24) is 51.0 Å². The molecular formula is C110H93N15O13S2. The number of furan rings is 1. The Kier molecular flexibility index (Phi) is 27.3. The highest BCUT2D eigenvalue weighted by Crippen LogP contribution is 2.42. The van der Waals surface area contributed by atoms with Crippen molar-refractivity contribution in [1.29, 1.82) is 0 Å². The molecule has 1 fully saturated rings. The Labute approximate surface area is 807 Å². The lowest BCUT2D eigenvalue weighted by atomic mass is 9.92. The molecule has 1 saturated heterocycles. The highest BCUT2D eigenvalue weighted by molar-refractivity contribution is 7.22.